The van der Waals surface area contributed by atoms with Crippen LogP contribution >= 0.6 is 0 Å². The summed E-state index contributed by atoms with van der Waals surface area (Å²) in [6.45, 7) is 5.20. The van der Waals surface area contributed by atoms with E-state index in [4.69, 9.17) is 0 Å². The molecule has 2 fully saturated rings. The van der Waals surface area contributed by atoms with E-state index < -0.39 is 0 Å². The van der Waals surface area contributed by atoms with Crippen molar-refractivity contribution in [3.8, 4) is 0 Å². The number of likely N-dealkylation sites (tertiary alicyclic amines) is 1. The van der Waals surface area contributed by atoms with Crippen LogP contribution in [0, 0.1) is 11.8 Å². The maximum absolute atomic E-state index is 12.0. The Labute approximate surface area is 90.6 Å². The number of carbonyl (C=O) groups excluding carboxylic acids is 1. The molecule has 2 saturated heterocycles. The van der Waals surface area contributed by atoms with E-state index in [1.165, 1.54) is 0 Å². The van der Waals surface area contributed by atoms with E-state index in [9.17, 15) is 9.90 Å². The summed E-state index contributed by atoms with van der Waals surface area (Å²) in [4.78, 5) is 13.9. The minimum absolute atomic E-state index is 0.192. The van der Waals surface area contributed by atoms with Crippen molar-refractivity contribution in [1.82, 2.24) is 10.2 Å². The smallest absolute Gasteiger partial charge is 0.228 e. The number of hydrogen-bond acceptors (Lipinski definition) is 3. The number of nitrogens with zero attached hydrogens (tertiary/aromatic N) is 1. The molecular formula is C11H20N2O2. The Hall–Kier alpha value is -0.610. The van der Waals surface area contributed by atoms with Crippen LogP contribution in [0.3, 0.4) is 0 Å². The first kappa shape index (κ1) is 10.9. The van der Waals surface area contributed by atoms with Crippen molar-refractivity contribution in [3.05, 3.63) is 0 Å². The number of hydrogen-bond donors (Lipinski definition) is 2. The molecule has 0 aromatic carbocycles. The van der Waals surface area contributed by atoms with Gasteiger partial charge in [-0.1, -0.05) is 6.92 Å². The molecule has 1 amide bonds. The number of carbonyl (C=O) groups is 1. The Morgan fingerprint density at radius 1 is 1.53 bits per heavy atom. The molecule has 0 bridgehead atoms. The molecule has 2 aliphatic heterocycles. The molecule has 15 heavy (non-hydrogen) atoms. The molecule has 2 heterocycles. The highest BCUT2D eigenvalue weighted by Crippen LogP contribution is 2.22. The predicted octanol–water partition coefficient (Wildman–Crippen LogP) is -0.175. The molecule has 2 atom stereocenters. The lowest BCUT2D eigenvalue weighted by Gasteiger charge is -2.39. The fourth-order valence-corrected chi connectivity index (χ4v) is 2.34. The zero-order valence-corrected chi connectivity index (χ0v) is 9.28. The molecule has 4 heteroatoms. The second-order valence-corrected chi connectivity index (χ2v) is 4.66. The van der Waals surface area contributed by atoms with Crippen LogP contribution in [0.4, 0.5) is 0 Å². The second-order valence-electron chi connectivity index (χ2n) is 4.66. The molecule has 0 aromatic rings. The van der Waals surface area contributed by atoms with Crippen LogP contribution in [0.5, 0.6) is 0 Å². The van der Waals surface area contributed by atoms with E-state index in [1.54, 1.807) is 0 Å². The summed E-state index contributed by atoms with van der Waals surface area (Å²) >= 11 is 0. The van der Waals surface area contributed by atoms with E-state index >= 15 is 0 Å². The van der Waals surface area contributed by atoms with Gasteiger partial charge in [-0.15, -0.1) is 0 Å². The Kier molecular flexibility index (Phi) is 3.26. The highest BCUT2D eigenvalue weighted by atomic mass is 16.3. The van der Waals surface area contributed by atoms with Gasteiger partial charge in [0, 0.05) is 32.1 Å². The molecule has 4 nitrogen and oxygen atoms in total. The molecule has 0 saturated carbocycles. The molecule has 0 radical (unpaired) electrons. The van der Waals surface area contributed by atoms with Crippen molar-refractivity contribution in [1.29, 1.82) is 0 Å². The number of amides is 1. The Balaban J connectivity index is 1.90. The van der Waals surface area contributed by atoms with Gasteiger partial charge in [0.2, 0.25) is 5.91 Å². The zero-order chi connectivity index (χ0) is 10.8. The third kappa shape index (κ3) is 2.16. The molecule has 0 spiro atoms. The summed E-state index contributed by atoms with van der Waals surface area (Å²) in [5.74, 6) is 0.743. The van der Waals surface area contributed by atoms with Gasteiger partial charge < -0.3 is 15.3 Å². The van der Waals surface area contributed by atoms with Gasteiger partial charge >= 0.3 is 0 Å². The summed E-state index contributed by atoms with van der Waals surface area (Å²) < 4.78 is 0. The van der Waals surface area contributed by atoms with E-state index in [1.807, 2.05) is 4.90 Å². The molecule has 2 aliphatic rings. The van der Waals surface area contributed by atoms with Crippen LogP contribution in [0.25, 0.3) is 0 Å². The van der Waals surface area contributed by atoms with E-state index in [0.29, 0.717) is 0 Å². The van der Waals surface area contributed by atoms with Gasteiger partial charge in [-0.25, -0.2) is 0 Å². The maximum atomic E-state index is 12.0. The molecule has 0 unspecified atom stereocenters. The fourth-order valence-electron chi connectivity index (χ4n) is 2.34. The topological polar surface area (TPSA) is 52.6 Å². The average Bonchev–Trinajstić information content (AvgIpc) is 2.15. The van der Waals surface area contributed by atoms with Gasteiger partial charge in [0.15, 0.2) is 0 Å². The monoisotopic (exact) mass is 212 g/mol. The standard InChI is InChI=1S/C11H20N2O2/c1-2-8-7-13(4-3-10(8)14)11(15)9-5-12-6-9/h8-10,12,14H,2-7H2,1H3/t8-,10-/m0/s1. The van der Waals surface area contributed by atoms with Crippen molar-refractivity contribution in [2.45, 2.75) is 25.9 Å². The van der Waals surface area contributed by atoms with Crippen LogP contribution in [0.2, 0.25) is 0 Å². The normalized spacial score (nSPS) is 32.5. The third-order valence-corrected chi connectivity index (χ3v) is 3.66. The third-order valence-electron chi connectivity index (χ3n) is 3.66. The lowest BCUT2D eigenvalue weighted by atomic mass is 9.91. The number of rotatable bonds is 2. The van der Waals surface area contributed by atoms with Gasteiger partial charge in [0.25, 0.3) is 0 Å². The van der Waals surface area contributed by atoms with Crippen molar-refractivity contribution in [2.75, 3.05) is 26.2 Å². The molecular weight excluding hydrogens is 192 g/mol. The number of nitrogens with one attached hydrogen (secondary N) is 1. The van der Waals surface area contributed by atoms with Crippen molar-refractivity contribution < 1.29 is 9.90 Å². The quantitative estimate of drug-likeness (QED) is 0.668. The fraction of sp³-hybridized carbons (Fsp3) is 0.909. The summed E-state index contributed by atoms with van der Waals surface area (Å²) in [7, 11) is 0. The van der Waals surface area contributed by atoms with Gasteiger partial charge in [-0.05, 0) is 12.8 Å². The first-order valence-electron chi connectivity index (χ1n) is 5.90. The van der Waals surface area contributed by atoms with E-state index in [0.717, 1.165) is 39.0 Å². The first-order valence-corrected chi connectivity index (χ1v) is 5.90. The molecule has 2 N–H and O–H groups in total. The SMILES string of the molecule is CC[C@H]1CN(C(=O)C2CNC2)CC[C@@H]1O. The van der Waals surface area contributed by atoms with Crippen molar-refractivity contribution >= 4 is 5.91 Å². The van der Waals surface area contributed by atoms with Gasteiger partial charge in [0.1, 0.15) is 0 Å². The molecule has 0 aliphatic carbocycles. The van der Waals surface area contributed by atoms with E-state index in [2.05, 4.69) is 12.2 Å². The second kappa shape index (κ2) is 4.49. The molecule has 2 rings (SSSR count). The van der Waals surface area contributed by atoms with Crippen LogP contribution in [0.1, 0.15) is 19.8 Å². The highest BCUT2D eigenvalue weighted by molar-refractivity contribution is 5.80. The lowest BCUT2D eigenvalue weighted by molar-refractivity contribution is -0.140. The van der Waals surface area contributed by atoms with Gasteiger partial charge in [-0.2, -0.15) is 0 Å². The average molecular weight is 212 g/mol. The first-order chi connectivity index (χ1) is 7.22. The summed E-state index contributed by atoms with van der Waals surface area (Å²) in [6.07, 6.45) is 1.48. The van der Waals surface area contributed by atoms with Gasteiger partial charge in [0.05, 0.1) is 12.0 Å². The summed E-state index contributed by atoms with van der Waals surface area (Å²) in [5, 5.41) is 12.8. The van der Waals surface area contributed by atoms with Crippen LogP contribution in [0.15, 0.2) is 0 Å². The molecule has 0 aromatic heterocycles. The van der Waals surface area contributed by atoms with Crippen LogP contribution in [-0.2, 0) is 4.79 Å². The number of aliphatic hydroxyl groups is 1. The Morgan fingerprint density at radius 2 is 2.27 bits per heavy atom. The van der Waals surface area contributed by atoms with Crippen molar-refractivity contribution in [3.63, 3.8) is 0 Å². The Morgan fingerprint density at radius 3 is 2.80 bits per heavy atom. The van der Waals surface area contributed by atoms with Crippen LogP contribution < -0.4 is 5.32 Å². The van der Waals surface area contributed by atoms with Crippen LogP contribution in [-0.4, -0.2) is 48.2 Å². The number of piperidine rings is 1. The zero-order valence-electron chi connectivity index (χ0n) is 9.28. The minimum Gasteiger partial charge on any atom is -0.393 e. The predicted molar refractivity (Wildman–Crippen MR) is 57.3 cm³/mol. The summed E-state index contributed by atoms with van der Waals surface area (Å²) in [5.41, 5.74) is 0. The molecule has 86 valence electrons. The van der Waals surface area contributed by atoms with E-state index in [-0.39, 0.29) is 23.8 Å². The number of aliphatic hydroxyl groups excluding tert-OH is 1. The van der Waals surface area contributed by atoms with Gasteiger partial charge in [-0.3, -0.25) is 4.79 Å². The maximum Gasteiger partial charge on any atom is 0.228 e. The summed E-state index contributed by atoms with van der Waals surface area (Å²) in [6, 6.07) is 0. The minimum atomic E-state index is -0.210. The Bertz CT molecular complexity index is 241. The largest absolute Gasteiger partial charge is 0.393 e. The highest BCUT2D eigenvalue weighted by Gasteiger charge is 2.34. The lowest BCUT2D eigenvalue weighted by Crippen LogP contribution is -2.55. The van der Waals surface area contributed by atoms with Crippen molar-refractivity contribution in [2.24, 2.45) is 11.8 Å².